The van der Waals surface area contributed by atoms with Crippen LogP contribution in [0, 0.1) is 0 Å². The van der Waals surface area contributed by atoms with Crippen LogP contribution >= 0.6 is 11.6 Å². The minimum Gasteiger partial charge on any atom is -0.484 e. The molecule has 1 amide bonds. The van der Waals surface area contributed by atoms with Crippen molar-refractivity contribution < 1.29 is 17.9 Å². The molecule has 1 heterocycles. The van der Waals surface area contributed by atoms with Crippen molar-refractivity contribution in [2.75, 3.05) is 50.0 Å². The standard InChI is InChI=1S/C20H24ClN3O4S/c21-17-5-4-6-18(15-17)23-10-12-24(13-11-23)29(26,27)14-9-22-20(25)16-28-19-7-2-1-3-8-19/h1-8,15H,9-14,16H2,(H,22,25). The van der Waals surface area contributed by atoms with E-state index in [-0.39, 0.29) is 24.8 Å². The first-order valence-electron chi connectivity index (χ1n) is 9.37. The summed E-state index contributed by atoms with van der Waals surface area (Å²) in [6, 6.07) is 16.5. The van der Waals surface area contributed by atoms with Crippen molar-refractivity contribution in [3.63, 3.8) is 0 Å². The Labute approximate surface area is 176 Å². The number of nitrogens with zero attached hydrogens (tertiary/aromatic N) is 2. The molecule has 29 heavy (non-hydrogen) atoms. The summed E-state index contributed by atoms with van der Waals surface area (Å²) in [7, 11) is -3.43. The van der Waals surface area contributed by atoms with Crippen molar-refractivity contribution in [3.05, 3.63) is 59.6 Å². The van der Waals surface area contributed by atoms with Crippen LogP contribution in [0.3, 0.4) is 0 Å². The lowest BCUT2D eigenvalue weighted by Crippen LogP contribution is -2.50. The fraction of sp³-hybridized carbons (Fsp3) is 0.350. The summed E-state index contributed by atoms with van der Waals surface area (Å²) in [5.41, 5.74) is 0.986. The number of hydrogen-bond acceptors (Lipinski definition) is 5. The predicted octanol–water partition coefficient (Wildman–Crippen LogP) is 1.99. The molecule has 1 N–H and O–H groups in total. The largest absolute Gasteiger partial charge is 0.484 e. The summed E-state index contributed by atoms with van der Waals surface area (Å²) in [6.07, 6.45) is 0. The van der Waals surface area contributed by atoms with E-state index in [9.17, 15) is 13.2 Å². The Morgan fingerprint density at radius 3 is 2.45 bits per heavy atom. The van der Waals surface area contributed by atoms with E-state index in [2.05, 4.69) is 10.2 Å². The van der Waals surface area contributed by atoms with Gasteiger partial charge in [-0.05, 0) is 30.3 Å². The molecule has 9 heteroatoms. The molecule has 0 spiro atoms. The van der Waals surface area contributed by atoms with Gasteiger partial charge in [0.05, 0.1) is 5.75 Å². The number of amides is 1. The van der Waals surface area contributed by atoms with E-state index in [4.69, 9.17) is 16.3 Å². The molecule has 1 aliphatic heterocycles. The highest BCUT2D eigenvalue weighted by molar-refractivity contribution is 7.89. The first-order valence-corrected chi connectivity index (χ1v) is 11.4. The number of carbonyl (C=O) groups is 1. The maximum absolute atomic E-state index is 12.5. The van der Waals surface area contributed by atoms with Gasteiger partial charge in [-0.15, -0.1) is 0 Å². The average Bonchev–Trinajstić information content (AvgIpc) is 2.73. The van der Waals surface area contributed by atoms with Crippen molar-refractivity contribution in [3.8, 4) is 5.75 Å². The van der Waals surface area contributed by atoms with Crippen LogP contribution in [-0.2, 0) is 14.8 Å². The van der Waals surface area contributed by atoms with Crippen LogP contribution in [0.1, 0.15) is 0 Å². The van der Waals surface area contributed by atoms with Crippen molar-refractivity contribution in [1.29, 1.82) is 0 Å². The molecule has 2 aromatic rings. The zero-order chi connectivity index (χ0) is 20.7. The van der Waals surface area contributed by atoms with Crippen molar-refractivity contribution in [2.45, 2.75) is 0 Å². The SMILES string of the molecule is O=C(COc1ccccc1)NCCS(=O)(=O)N1CCN(c2cccc(Cl)c2)CC1. The van der Waals surface area contributed by atoms with Gasteiger partial charge in [-0.1, -0.05) is 35.9 Å². The van der Waals surface area contributed by atoms with Crippen LogP contribution in [-0.4, -0.2) is 63.7 Å². The number of benzene rings is 2. The number of ether oxygens (including phenoxy) is 1. The Kier molecular flexibility index (Phi) is 7.35. The molecule has 0 unspecified atom stereocenters. The van der Waals surface area contributed by atoms with E-state index < -0.39 is 10.0 Å². The van der Waals surface area contributed by atoms with Gasteiger partial charge in [0.25, 0.3) is 5.91 Å². The highest BCUT2D eigenvalue weighted by atomic mass is 35.5. The van der Waals surface area contributed by atoms with Gasteiger partial charge in [-0.2, -0.15) is 4.31 Å². The van der Waals surface area contributed by atoms with E-state index in [0.717, 1.165) is 5.69 Å². The monoisotopic (exact) mass is 437 g/mol. The molecular formula is C20H24ClN3O4S. The zero-order valence-electron chi connectivity index (χ0n) is 16.0. The lowest BCUT2D eigenvalue weighted by atomic mass is 10.2. The van der Waals surface area contributed by atoms with Gasteiger partial charge >= 0.3 is 0 Å². The molecule has 1 fully saturated rings. The Bertz CT molecular complexity index is 916. The van der Waals surface area contributed by atoms with Gasteiger partial charge in [0.1, 0.15) is 5.75 Å². The number of anilines is 1. The predicted molar refractivity (Wildman–Crippen MR) is 114 cm³/mol. The normalized spacial score (nSPS) is 15.1. The third-order valence-corrected chi connectivity index (χ3v) is 6.71. The molecule has 0 saturated carbocycles. The highest BCUT2D eigenvalue weighted by Crippen LogP contribution is 2.21. The Hall–Kier alpha value is -2.29. The average molecular weight is 438 g/mol. The van der Waals surface area contributed by atoms with Gasteiger partial charge < -0.3 is 15.0 Å². The van der Waals surface area contributed by atoms with Gasteiger partial charge in [-0.25, -0.2) is 8.42 Å². The number of halogens is 1. The number of piperazine rings is 1. The maximum atomic E-state index is 12.5. The van der Waals surface area contributed by atoms with E-state index in [1.807, 2.05) is 42.5 Å². The second kappa shape index (κ2) is 9.96. The summed E-state index contributed by atoms with van der Waals surface area (Å²) in [6.45, 7) is 1.89. The topological polar surface area (TPSA) is 78.9 Å². The molecule has 0 aromatic heterocycles. The number of sulfonamides is 1. The smallest absolute Gasteiger partial charge is 0.257 e. The van der Waals surface area contributed by atoms with E-state index in [1.54, 1.807) is 12.1 Å². The van der Waals surface area contributed by atoms with Crippen molar-refractivity contribution in [2.24, 2.45) is 0 Å². The molecule has 1 saturated heterocycles. The number of carbonyl (C=O) groups excluding carboxylic acids is 1. The van der Waals surface area contributed by atoms with Gasteiger partial charge in [0, 0.05) is 43.4 Å². The molecular weight excluding hydrogens is 414 g/mol. The van der Waals surface area contributed by atoms with Crippen molar-refractivity contribution >= 4 is 33.2 Å². The molecule has 0 radical (unpaired) electrons. The lowest BCUT2D eigenvalue weighted by Gasteiger charge is -2.35. The molecule has 0 aliphatic carbocycles. The fourth-order valence-corrected chi connectivity index (χ4v) is 4.58. The minimum absolute atomic E-state index is 0.0494. The Morgan fingerprint density at radius 2 is 1.76 bits per heavy atom. The summed E-state index contributed by atoms with van der Waals surface area (Å²) in [5.74, 6) is 0.101. The van der Waals surface area contributed by atoms with Crippen molar-refractivity contribution in [1.82, 2.24) is 9.62 Å². The number of rotatable bonds is 8. The van der Waals surface area contributed by atoms with Crippen LogP contribution in [0.4, 0.5) is 5.69 Å². The molecule has 0 atom stereocenters. The number of nitrogens with one attached hydrogen (secondary N) is 1. The molecule has 1 aliphatic rings. The van der Waals surface area contributed by atoms with Crippen LogP contribution in [0.25, 0.3) is 0 Å². The van der Waals surface area contributed by atoms with E-state index >= 15 is 0 Å². The second-order valence-corrected chi connectivity index (χ2v) is 9.16. The maximum Gasteiger partial charge on any atom is 0.257 e. The van der Waals surface area contributed by atoms with Gasteiger partial charge in [0.15, 0.2) is 6.61 Å². The fourth-order valence-electron chi connectivity index (χ4n) is 3.06. The van der Waals surface area contributed by atoms with Crippen LogP contribution in [0.5, 0.6) is 5.75 Å². The van der Waals surface area contributed by atoms with Gasteiger partial charge in [-0.3, -0.25) is 4.79 Å². The number of para-hydroxylation sites is 1. The number of hydrogen-bond donors (Lipinski definition) is 1. The summed E-state index contributed by atoms with van der Waals surface area (Å²) >= 11 is 6.03. The third kappa shape index (κ3) is 6.35. The van der Waals surface area contributed by atoms with Crippen LogP contribution < -0.4 is 15.0 Å². The molecule has 156 valence electrons. The molecule has 0 bridgehead atoms. The second-order valence-electron chi connectivity index (χ2n) is 6.63. The third-order valence-electron chi connectivity index (χ3n) is 4.60. The molecule has 7 nitrogen and oxygen atoms in total. The van der Waals surface area contributed by atoms with Crippen LogP contribution in [0.15, 0.2) is 54.6 Å². The van der Waals surface area contributed by atoms with E-state index in [1.165, 1.54) is 4.31 Å². The first-order chi connectivity index (χ1) is 13.9. The van der Waals surface area contributed by atoms with Gasteiger partial charge in [0.2, 0.25) is 10.0 Å². The Balaban J connectivity index is 1.40. The highest BCUT2D eigenvalue weighted by Gasteiger charge is 2.26. The summed E-state index contributed by atoms with van der Waals surface area (Å²) in [4.78, 5) is 14.0. The van der Waals surface area contributed by atoms with Crippen LogP contribution in [0.2, 0.25) is 5.02 Å². The summed E-state index contributed by atoms with van der Waals surface area (Å²) in [5, 5.41) is 3.25. The lowest BCUT2D eigenvalue weighted by molar-refractivity contribution is -0.122. The minimum atomic E-state index is -3.43. The Morgan fingerprint density at radius 1 is 1.03 bits per heavy atom. The zero-order valence-corrected chi connectivity index (χ0v) is 17.5. The molecule has 2 aromatic carbocycles. The summed E-state index contributed by atoms with van der Waals surface area (Å²) < 4.78 is 31.9. The quantitative estimate of drug-likeness (QED) is 0.683. The molecule has 3 rings (SSSR count). The first kappa shape index (κ1) is 21.4. The van der Waals surface area contributed by atoms with E-state index in [0.29, 0.717) is 37.0 Å².